The molecule has 0 spiro atoms. The van der Waals surface area contributed by atoms with Gasteiger partial charge in [-0.25, -0.2) is 9.54 Å². The molecule has 0 fully saturated rings. The summed E-state index contributed by atoms with van der Waals surface area (Å²) in [7, 11) is -2.63. The number of halogens is 1. The zero-order valence-electron chi connectivity index (χ0n) is 20.4. The van der Waals surface area contributed by atoms with Gasteiger partial charge in [-0.1, -0.05) is 138 Å². The van der Waals surface area contributed by atoms with Crippen LogP contribution in [0.5, 0.6) is 0 Å². The van der Waals surface area contributed by atoms with Gasteiger partial charge in [0.15, 0.2) is 5.84 Å². The summed E-state index contributed by atoms with van der Waals surface area (Å²) in [5.41, 5.74) is 1.09. The molecule has 0 atom stereocenters. The van der Waals surface area contributed by atoms with Crippen LogP contribution in [0.25, 0.3) is 0 Å². The monoisotopic (exact) mass is 534 g/mol. The molecule has 0 heterocycles. The van der Waals surface area contributed by atoms with E-state index in [-0.39, 0.29) is 0 Å². The summed E-state index contributed by atoms with van der Waals surface area (Å²) in [6, 6.07) is 46.7. The molecule has 6 heteroatoms. The zero-order valence-corrected chi connectivity index (χ0v) is 22.0. The number of carbonyl (C=O) groups is 1. The van der Waals surface area contributed by atoms with Gasteiger partial charge in [0.05, 0.1) is 12.6 Å². The minimum atomic E-state index is -2.63. The van der Waals surface area contributed by atoms with E-state index in [0.717, 1.165) is 21.5 Å². The highest BCUT2D eigenvalue weighted by Gasteiger charge is 2.28. The molecule has 186 valence electrons. The molecule has 0 aromatic heterocycles. The fourth-order valence-electron chi connectivity index (χ4n) is 4.13. The SMILES string of the molecule is O=C(O/N=C(\N=P(c1ccccc1)(c1ccccc1)c1ccccc1)c1ccccc1)c1ccc(Cl)cc1. The summed E-state index contributed by atoms with van der Waals surface area (Å²) in [6.07, 6.45) is 0. The Hall–Kier alpha value is -4.24. The highest BCUT2D eigenvalue weighted by molar-refractivity contribution is 7.87. The van der Waals surface area contributed by atoms with Crippen molar-refractivity contribution in [3.05, 3.63) is 162 Å². The summed E-state index contributed by atoms with van der Waals surface area (Å²) >= 11 is 5.98. The van der Waals surface area contributed by atoms with E-state index in [9.17, 15) is 4.79 Å². The first-order valence-electron chi connectivity index (χ1n) is 12.1. The smallest absolute Gasteiger partial charge is 0.311 e. The van der Waals surface area contributed by atoms with Gasteiger partial charge in [0.2, 0.25) is 0 Å². The molecule has 0 radical (unpaired) electrons. The molecule has 5 aromatic carbocycles. The average molecular weight is 535 g/mol. The Labute approximate surface area is 227 Å². The molecule has 5 aromatic rings. The third-order valence-electron chi connectivity index (χ3n) is 5.96. The topological polar surface area (TPSA) is 51.0 Å². The van der Waals surface area contributed by atoms with Gasteiger partial charge >= 0.3 is 5.97 Å². The molecule has 0 bridgehead atoms. The maximum atomic E-state index is 12.9. The van der Waals surface area contributed by atoms with Gasteiger partial charge in [-0.3, -0.25) is 0 Å². The number of hydrogen-bond acceptors (Lipinski definition) is 3. The number of oxime groups is 1. The quantitative estimate of drug-likeness (QED) is 0.0771. The van der Waals surface area contributed by atoms with Gasteiger partial charge in [0, 0.05) is 26.5 Å². The number of rotatable bonds is 6. The van der Waals surface area contributed by atoms with Crippen molar-refractivity contribution >= 4 is 46.4 Å². The minimum Gasteiger partial charge on any atom is -0.311 e. The number of amidine groups is 1. The second-order valence-electron chi connectivity index (χ2n) is 8.41. The highest BCUT2D eigenvalue weighted by Crippen LogP contribution is 2.47. The predicted molar refractivity (Wildman–Crippen MR) is 157 cm³/mol. The molecular formula is C32H24ClN2O2P. The standard InChI is InChI=1S/C32H24ClN2O2P/c33-27-23-21-26(22-24-27)32(36)37-34-31(25-13-5-1-6-14-25)35-38(28-15-7-2-8-16-28,29-17-9-3-10-18-29)30-19-11-4-12-20-30/h1-24H/b34-31-. The summed E-state index contributed by atoms with van der Waals surface area (Å²) < 4.78 is 5.43. The van der Waals surface area contributed by atoms with E-state index in [1.165, 1.54) is 0 Å². The Balaban J connectivity index is 1.76. The van der Waals surface area contributed by atoms with E-state index in [4.69, 9.17) is 21.2 Å². The van der Waals surface area contributed by atoms with Crippen LogP contribution < -0.4 is 15.9 Å². The summed E-state index contributed by atoms with van der Waals surface area (Å²) in [5, 5.41) is 8.07. The Morgan fingerprint density at radius 2 is 0.974 bits per heavy atom. The van der Waals surface area contributed by atoms with E-state index in [2.05, 4.69) is 41.6 Å². The number of nitrogens with zero attached hydrogens (tertiary/aromatic N) is 2. The van der Waals surface area contributed by atoms with E-state index < -0.39 is 13.0 Å². The highest BCUT2D eigenvalue weighted by atomic mass is 35.5. The fraction of sp³-hybridized carbons (Fsp3) is 0. The number of benzene rings is 5. The molecule has 5 rings (SSSR count). The lowest BCUT2D eigenvalue weighted by molar-refractivity contribution is 0.0516. The van der Waals surface area contributed by atoms with Crippen LogP contribution in [0.2, 0.25) is 5.02 Å². The van der Waals surface area contributed by atoms with Gasteiger partial charge in [-0.2, -0.15) is 0 Å². The van der Waals surface area contributed by atoms with Gasteiger partial charge in [0.25, 0.3) is 0 Å². The predicted octanol–water partition coefficient (Wildman–Crippen LogP) is 7.04. The van der Waals surface area contributed by atoms with E-state index in [0.29, 0.717) is 16.4 Å². The van der Waals surface area contributed by atoms with Crippen LogP contribution in [0.4, 0.5) is 0 Å². The van der Waals surface area contributed by atoms with Gasteiger partial charge in [0.1, 0.15) is 0 Å². The van der Waals surface area contributed by atoms with E-state index in [1.807, 2.05) is 84.9 Å². The molecule has 0 N–H and O–H groups in total. The average Bonchev–Trinajstić information content (AvgIpc) is 2.99. The zero-order chi connectivity index (χ0) is 26.2. The lowest BCUT2D eigenvalue weighted by Crippen LogP contribution is -2.26. The van der Waals surface area contributed by atoms with Crippen LogP contribution >= 0.6 is 18.7 Å². The lowest BCUT2D eigenvalue weighted by atomic mass is 10.2. The summed E-state index contributed by atoms with van der Waals surface area (Å²) in [6.45, 7) is 0. The van der Waals surface area contributed by atoms with Crippen LogP contribution in [0.3, 0.4) is 0 Å². The lowest BCUT2D eigenvalue weighted by Gasteiger charge is -2.27. The van der Waals surface area contributed by atoms with Crippen LogP contribution in [0.15, 0.2) is 155 Å². The van der Waals surface area contributed by atoms with E-state index >= 15 is 0 Å². The largest absolute Gasteiger partial charge is 0.365 e. The van der Waals surface area contributed by atoms with Crippen LogP contribution in [-0.4, -0.2) is 11.8 Å². The van der Waals surface area contributed by atoms with Crippen LogP contribution in [0, 0.1) is 0 Å². The molecule has 0 unspecified atom stereocenters. The maximum absolute atomic E-state index is 12.9. The fourth-order valence-corrected chi connectivity index (χ4v) is 7.75. The molecule has 4 nitrogen and oxygen atoms in total. The second kappa shape index (κ2) is 11.9. The van der Waals surface area contributed by atoms with Crippen LogP contribution in [0.1, 0.15) is 15.9 Å². The number of carbonyl (C=O) groups excluding carboxylic acids is 1. The summed E-state index contributed by atoms with van der Waals surface area (Å²) in [4.78, 5) is 18.3. The molecule has 0 aliphatic carbocycles. The van der Waals surface area contributed by atoms with E-state index in [1.54, 1.807) is 24.3 Å². The molecular weight excluding hydrogens is 511 g/mol. The molecule has 0 amide bonds. The van der Waals surface area contributed by atoms with Gasteiger partial charge < -0.3 is 4.84 Å². The molecule has 0 saturated carbocycles. The van der Waals surface area contributed by atoms with Crippen molar-refractivity contribution in [2.75, 3.05) is 0 Å². The first-order chi connectivity index (χ1) is 18.7. The molecule has 0 aliphatic heterocycles. The first-order valence-corrected chi connectivity index (χ1v) is 14.2. The van der Waals surface area contributed by atoms with Gasteiger partial charge in [-0.15, -0.1) is 0 Å². The van der Waals surface area contributed by atoms with Crippen molar-refractivity contribution < 1.29 is 9.63 Å². The Morgan fingerprint density at radius 3 is 1.42 bits per heavy atom. The van der Waals surface area contributed by atoms with Crippen molar-refractivity contribution in [1.29, 1.82) is 0 Å². The van der Waals surface area contributed by atoms with Crippen molar-refractivity contribution in [1.82, 2.24) is 0 Å². The second-order valence-corrected chi connectivity index (χ2v) is 11.9. The van der Waals surface area contributed by atoms with Gasteiger partial charge in [-0.05, 0) is 24.3 Å². The number of hydrogen-bond donors (Lipinski definition) is 0. The maximum Gasteiger partial charge on any atom is 0.365 e. The normalized spacial score (nSPS) is 11.6. The summed E-state index contributed by atoms with van der Waals surface area (Å²) in [5.74, 6) is -0.258. The van der Waals surface area contributed by atoms with Crippen molar-refractivity contribution in [2.24, 2.45) is 9.90 Å². The molecule has 38 heavy (non-hydrogen) atoms. The van der Waals surface area contributed by atoms with Crippen LogP contribution in [-0.2, 0) is 4.84 Å². The Morgan fingerprint density at radius 1 is 0.553 bits per heavy atom. The third kappa shape index (κ3) is 5.52. The van der Waals surface area contributed by atoms with Crippen molar-refractivity contribution in [3.63, 3.8) is 0 Å². The third-order valence-corrected chi connectivity index (χ3v) is 9.84. The molecule has 0 saturated heterocycles. The minimum absolute atomic E-state index is 0.331. The van der Waals surface area contributed by atoms with Crippen molar-refractivity contribution in [2.45, 2.75) is 0 Å². The molecule has 0 aliphatic rings. The Bertz CT molecular complexity index is 1490. The Kier molecular flexibility index (Phi) is 7.94. The van der Waals surface area contributed by atoms with Crippen molar-refractivity contribution in [3.8, 4) is 0 Å². The first kappa shape index (κ1) is 25.4.